The van der Waals surface area contributed by atoms with E-state index in [1.165, 1.54) is 64.8 Å². The van der Waals surface area contributed by atoms with Crippen molar-refractivity contribution in [1.29, 1.82) is 0 Å². The Hall–Kier alpha value is -0.120. The van der Waals surface area contributed by atoms with Crippen LogP contribution in [0.3, 0.4) is 0 Å². The van der Waals surface area contributed by atoms with E-state index in [0.29, 0.717) is 6.10 Å². The summed E-state index contributed by atoms with van der Waals surface area (Å²) >= 11 is 0. The number of piperidine rings is 2. The first kappa shape index (κ1) is 12.3. The number of methoxy groups -OCH3 is 1. The van der Waals surface area contributed by atoms with Crippen molar-refractivity contribution >= 4 is 0 Å². The van der Waals surface area contributed by atoms with E-state index in [0.717, 1.165) is 5.92 Å². The van der Waals surface area contributed by atoms with E-state index in [-0.39, 0.29) is 0 Å². The van der Waals surface area contributed by atoms with Crippen molar-refractivity contribution in [2.45, 2.75) is 38.2 Å². The van der Waals surface area contributed by atoms with E-state index >= 15 is 0 Å². The summed E-state index contributed by atoms with van der Waals surface area (Å²) in [5.74, 6) is 0.974. The van der Waals surface area contributed by atoms with Crippen molar-refractivity contribution < 1.29 is 4.74 Å². The summed E-state index contributed by atoms with van der Waals surface area (Å²) in [5, 5.41) is 3.44. The maximum atomic E-state index is 5.40. The smallest absolute Gasteiger partial charge is 0.0595 e. The molecule has 2 fully saturated rings. The summed E-state index contributed by atoms with van der Waals surface area (Å²) in [5.41, 5.74) is 0. The minimum absolute atomic E-state index is 0.523. The molecule has 2 aliphatic heterocycles. The molecule has 0 amide bonds. The van der Waals surface area contributed by atoms with Gasteiger partial charge in [0.15, 0.2) is 0 Å². The summed E-state index contributed by atoms with van der Waals surface area (Å²) in [4.78, 5) is 2.62. The van der Waals surface area contributed by atoms with Gasteiger partial charge in [-0.2, -0.15) is 0 Å². The number of nitrogens with one attached hydrogen (secondary N) is 1. The second-order valence-corrected chi connectivity index (χ2v) is 5.26. The van der Waals surface area contributed by atoms with Crippen molar-refractivity contribution in [2.24, 2.45) is 5.92 Å². The van der Waals surface area contributed by atoms with Crippen molar-refractivity contribution in [2.75, 3.05) is 39.8 Å². The second-order valence-electron chi connectivity index (χ2n) is 5.26. The van der Waals surface area contributed by atoms with Gasteiger partial charge in [-0.1, -0.05) is 0 Å². The lowest BCUT2D eigenvalue weighted by Crippen LogP contribution is -2.38. The Bertz CT molecular complexity index is 184. The van der Waals surface area contributed by atoms with Crippen molar-refractivity contribution in [3.05, 3.63) is 0 Å². The molecule has 0 unspecified atom stereocenters. The molecule has 0 bridgehead atoms. The first-order valence-corrected chi connectivity index (χ1v) is 6.84. The first-order chi connectivity index (χ1) is 7.88. The number of ether oxygens (including phenoxy) is 1. The van der Waals surface area contributed by atoms with Crippen LogP contribution in [0.15, 0.2) is 0 Å². The lowest BCUT2D eigenvalue weighted by molar-refractivity contribution is 0.0392. The maximum absolute atomic E-state index is 5.40. The third-order valence-electron chi connectivity index (χ3n) is 4.18. The molecule has 3 heteroatoms. The Kier molecular flexibility index (Phi) is 5.07. The molecule has 0 aliphatic carbocycles. The molecule has 3 nitrogen and oxygen atoms in total. The van der Waals surface area contributed by atoms with Gasteiger partial charge in [0.2, 0.25) is 0 Å². The maximum Gasteiger partial charge on any atom is 0.0595 e. The van der Waals surface area contributed by atoms with Gasteiger partial charge in [0.05, 0.1) is 6.10 Å². The van der Waals surface area contributed by atoms with Gasteiger partial charge in [-0.15, -0.1) is 0 Å². The normalized spacial score (nSPS) is 26.1. The van der Waals surface area contributed by atoms with Crippen LogP contribution in [-0.2, 0) is 4.74 Å². The van der Waals surface area contributed by atoms with E-state index in [4.69, 9.17) is 4.74 Å². The molecule has 1 N–H and O–H groups in total. The molecular weight excluding hydrogens is 200 g/mol. The van der Waals surface area contributed by atoms with Gasteiger partial charge in [-0.3, -0.25) is 0 Å². The number of rotatable bonds is 4. The Morgan fingerprint density at radius 1 is 1.12 bits per heavy atom. The molecule has 0 saturated carbocycles. The van der Waals surface area contributed by atoms with Crippen LogP contribution >= 0.6 is 0 Å². The van der Waals surface area contributed by atoms with Crippen LogP contribution in [0.5, 0.6) is 0 Å². The summed E-state index contributed by atoms with van der Waals surface area (Å²) in [6.45, 7) is 6.25. The van der Waals surface area contributed by atoms with Gasteiger partial charge in [-0.25, -0.2) is 0 Å². The standard InChI is InChI=1S/C13H26N2O/c1-16-13-5-10-15(11-6-13)9-4-12-2-7-14-8-3-12/h12-14H,2-11H2,1H3. The average molecular weight is 226 g/mol. The minimum Gasteiger partial charge on any atom is -0.381 e. The van der Waals surface area contributed by atoms with Crippen molar-refractivity contribution in [1.82, 2.24) is 10.2 Å². The molecule has 2 aliphatic rings. The highest BCUT2D eigenvalue weighted by Crippen LogP contribution is 2.18. The minimum atomic E-state index is 0.523. The fourth-order valence-corrected chi connectivity index (χ4v) is 2.90. The van der Waals surface area contributed by atoms with Crippen LogP contribution in [0.25, 0.3) is 0 Å². The Balaban J connectivity index is 1.59. The van der Waals surface area contributed by atoms with Crippen LogP contribution in [0.2, 0.25) is 0 Å². The van der Waals surface area contributed by atoms with Crippen molar-refractivity contribution in [3.63, 3.8) is 0 Å². The molecule has 0 atom stereocenters. The molecule has 2 rings (SSSR count). The predicted molar refractivity (Wildman–Crippen MR) is 66.7 cm³/mol. The van der Waals surface area contributed by atoms with E-state index in [1.54, 1.807) is 0 Å². The Morgan fingerprint density at radius 3 is 2.44 bits per heavy atom. The van der Waals surface area contributed by atoms with Gasteiger partial charge in [0, 0.05) is 20.2 Å². The summed E-state index contributed by atoms with van der Waals surface area (Å²) in [6.07, 6.45) is 7.14. The lowest BCUT2D eigenvalue weighted by Gasteiger charge is -2.32. The van der Waals surface area contributed by atoms with Gasteiger partial charge < -0.3 is 15.0 Å². The van der Waals surface area contributed by atoms with Gasteiger partial charge in [0.25, 0.3) is 0 Å². The van der Waals surface area contributed by atoms with E-state index in [9.17, 15) is 0 Å². The highest BCUT2D eigenvalue weighted by atomic mass is 16.5. The third kappa shape index (κ3) is 3.72. The first-order valence-electron chi connectivity index (χ1n) is 6.84. The molecule has 2 saturated heterocycles. The van der Waals surface area contributed by atoms with Crippen LogP contribution in [0.1, 0.15) is 32.1 Å². The second kappa shape index (κ2) is 6.58. The number of hydrogen-bond acceptors (Lipinski definition) is 3. The predicted octanol–water partition coefficient (Wildman–Crippen LogP) is 1.49. The van der Waals surface area contributed by atoms with Crippen molar-refractivity contribution in [3.8, 4) is 0 Å². The molecule has 0 radical (unpaired) electrons. The lowest BCUT2D eigenvalue weighted by atomic mass is 9.94. The van der Waals surface area contributed by atoms with Crippen LogP contribution < -0.4 is 5.32 Å². The fraction of sp³-hybridized carbons (Fsp3) is 1.00. The molecular formula is C13H26N2O. The third-order valence-corrected chi connectivity index (χ3v) is 4.18. The number of hydrogen-bond donors (Lipinski definition) is 1. The SMILES string of the molecule is COC1CCN(CCC2CCNCC2)CC1. The average Bonchev–Trinajstić information content (AvgIpc) is 2.38. The zero-order chi connectivity index (χ0) is 11.2. The van der Waals surface area contributed by atoms with E-state index in [1.807, 2.05) is 7.11 Å². The van der Waals surface area contributed by atoms with Gasteiger partial charge in [-0.05, 0) is 57.7 Å². The van der Waals surface area contributed by atoms with Gasteiger partial charge >= 0.3 is 0 Å². The molecule has 0 aromatic carbocycles. The largest absolute Gasteiger partial charge is 0.381 e. The highest BCUT2D eigenvalue weighted by Gasteiger charge is 2.20. The fourth-order valence-electron chi connectivity index (χ4n) is 2.90. The van der Waals surface area contributed by atoms with E-state index in [2.05, 4.69) is 10.2 Å². The van der Waals surface area contributed by atoms with Gasteiger partial charge in [0.1, 0.15) is 0 Å². The van der Waals surface area contributed by atoms with E-state index < -0.39 is 0 Å². The monoisotopic (exact) mass is 226 g/mol. The zero-order valence-electron chi connectivity index (χ0n) is 10.6. The molecule has 0 spiro atoms. The Labute approximate surface area is 99.5 Å². The molecule has 16 heavy (non-hydrogen) atoms. The molecule has 0 aromatic rings. The molecule has 2 heterocycles. The van der Waals surface area contributed by atoms with Crippen LogP contribution in [-0.4, -0.2) is 50.8 Å². The van der Waals surface area contributed by atoms with Crippen LogP contribution in [0, 0.1) is 5.92 Å². The zero-order valence-corrected chi connectivity index (χ0v) is 10.6. The Morgan fingerprint density at radius 2 is 1.81 bits per heavy atom. The molecule has 0 aromatic heterocycles. The number of nitrogens with zero attached hydrogens (tertiary/aromatic N) is 1. The quantitative estimate of drug-likeness (QED) is 0.786. The summed E-state index contributed by atoms with van der Waals surface area (Å²) in [6, 6.07) is 0. The number of likely N-dealkylation sites (tertiary alicyclic amines) is 1. The summed E-state index contributed by atoms with van der Waals surface area (Å²) < 4.78 is 5.40. The topological polar surface area (TPSA) is 24.5 Å². The highest BCUT2D eigenvalue weighted by molar-refractivity contribution is 4.75. The summed E-state index contributed by atoms with van der Waals surface area (Å²) in [7, 11) is 1.84. The molecule has 94 valence electrons. The van der Waals surface area contributed by atoms with Crippen LogP contribution in [0.4, 0.5) is 0 Å².